The molecule has 1 aliphatic heterocycles. The van der Waals surface area contributed by atoms with E-state index in [2.05, 4.69) is 33.4 Å². The van der Waals surface area contributed by atoms with Crippen LogP contribution >= 0.6 is 15.9 Å². The van der Waals surface area contributed by atoms with Gasteiger partial charge in [-0.3, -0.25) is 14.5 Å². The summed E-state index contributed by atoms with van der Waals surface area (Å²) in [7, 11) is 0. The molecule has 4 nitrogen and oxygen atoms in total. The first-order valence-electron chi connectivity index (χ1n) is 8.18. The van der Waals surface area contributed by atoms with Gasteiger partial charge < -0.3 is 5.32 Å². The maximum Gasteiger partial charge on any atom is 0.235 e. The molecule has 3 fully saturated rings. The Balaban J connectivity index is 1.36. The van der Waals surface area contributed by atoms with Crippen LogP contribution in [0.25, 0.3) is 0 Å². The van der Waals surface area contributed by atoms with Gasteiger partial charge in [-0.2, -0.15) is 0 Å². The number of benzene rings is 1. The van der Waals surface area contributed by atoms with Gasteiger partial charge in [0.25, 0.3) is 0 Å². The molecule has 118 valence electrons. The van der Waals surface area contributed by atoms with Crippen LogP contribution in [-0.4, -0.2) is 23.4 Å². The first-order valence-corrected chi connectivity index (χ1v) is 8.97. The molecule has 5 heteroatoms. The Morgan fingerprint density at radius 2 is 1.57 bits per heavy atom. The Hall–Kier alpha value is -1.62. The molecule has 2 saturated carbocycles. The minimum atomic E-state index is -0.104. The van der Waals surface area contributed by atoms with Crippen LogP contribution in [0.3, 0.4) is 0 Å². The van der Waals surface area contributed by atoms with Crippen LogP contribution in [0.1, 0.15) is 6.42 Å². The summed E-state index contributed by atoms with van der Waals surface area (Å²) in [6.45, 7) is 0.265. The molecule has 0 aromatic heterocycles. The second kappa shape index (κ2) is 4.69. The molecule has 23 heavy (non-hydrogen) atoms. The summed E-state index contributed by atoms with van der Waals surface area (Å²) in [6, 6.07) is 7.74. The third kappa shape index (κ3) is 1.89. The molecule has 6 rings (SSSR count). The normalized spacial score (nSPS) is 39.4. The lowest BCUT2D eigenvalue weighted by atomic mass is 9.63. The summed E-state index contributed by atoms with van der Waals surface area (Å²) in [5, 5.41) is 3.20. The number of imide groups is 1. The molecule has 1 heterocycles. The molecule has 5 aliphatic rings. The van der Waals surface area contributed by atoms with Crippen LogP contribution in [0.5, 0.6) is 0 Å². The number of carbonyl (C=O) groups excluding carboxylic acids is 2. The van der Waals surface area contributed by atoms with Crippen LogP contribution in [0.15, 0.2) is 40.9 Å². The van der Waals surface area contributed by atoms with E-state index < -0.39 is 0 Å². The van der Waals surface area contributed by atoms with Crippen molar-refractivity contribution in [2.45, 2.75) is 6.42 Å². The zero-order valence-corrected chi connectivity index (χ0v) is 14.1. The van der Waals surface area contributed by atoms with E-state index in [4.69, 9.17) is 0 Å². The second-order valence-corrected chi connectivity index (χ2v) is 8.02. The number of hydrogen-bond donors (Lipinski definition) is 1. The van der Waals surface area contributed by atoms with Gasteiger partial charge in [-0.15, -0.1) is 0 Å². The lowest BCUT2D eigenvalue weighted by Crippen LogP contribution is -2.40. The number of likely N-dealkylation sites (tertiary alicyclic amines) is 1. The fourth-order valence-electron chi connectivity index (χ4n) is 4.91. The van der Waals surface area contributed by atoms with Crippen molar-refractivity contribution in [2.24, 2.45) is 35.5 Å². The smallest absolute Gasteiger partial charge is 0.235 e. The van der Waals surface area contributed by atoms with Gasteiger partial charge in [-0.05, 0) is 54.4 Å². The van der Waals surface area contributed by atoms with Gasteiger partial charge in [0.2, 0.25) is 11.8 Å². The van der Waals surface area contributed by atoms with Crippen molar-refractivity contribution in [3.63, 3.8) is 0 Å². The van der Waals surface area contributed by atoms with E-state index in [0.29, 0.717) is 23.7 Å². The number of nitrogens with zero attached hydrogens (tertiary/aromatic N) is 1. The third-order valence-electron chi connectivity index (χ3n) is 6.04. The molecule has 0 radical (unpaired) electrons. The summed E-state index contributed by atoms with van der Waals surface area (Å²) >= 11 is 3.40. The minimum Gasteiger partial charge on any atom is -0.367 e. The summed E-state index contributed by atoms with van der Waals surface area (Å²) < 4.78 is 1.00. The van der Waals surface area contributed by atoms with E-state index in [-0.39, 0.29) is 30.3 Å². The summed E-state index contributed by atoms with van der Waals surface area (Å²) in [5.41, 5.74) is 0.910. The number of allylic oxidation sites excluding steroid dienone is 2. The SMILES string of the molecule is O=C1[C@H]2[C@@H]3C=C[C@H]([C@@H]4C[C@@H]34)[C@@H]2C(=O)N1CNc1ccc(Br)cc1. The van der Waals surface area contributed by atoms with Gasteiger partial charge in [0.05, 0.1) is 18.5 Å². The summed E-state index contributed by atoms with van der Waals surface area (Å²) in [5.74, 6) is 1.74. The molecule has 2 amide bonds. The number of nitrogens with one attached hydrogen (secondary N) is 1. The predicted octanol–water partition coefficient (Wildman–Crippen LogP) is 2.87. The van der Waals surface area contributed by atoms with Crippen molar-refractivity contribution in [2.75, 3.05) is 12.0 Å². The van der Waals surface area contributed by atoms with E-state index in [9.17, 15) is 9.59 Å². The molecule has 1 aromatic rings. The first-order chi connectivity index (χ1) is 11.1. The molecule has 1 aromatic carbocycles. The highest BCUT2D eigenvalue weighted by Crippen LogP contribution is 2.65. The molecule has 4 aliphatic carbocycles. The Kier molecular flexibility index (Phi) is 2.81. The Bertz CT molecular complexity index is 693. The first kappa shape index (κ1) is 13.8. The van der Waals surface area contributed by atoms with Crippen molar-refractivity contribution in [3.05, 3.63) is 40.9 Å². The van der Waals surface area contributed by atoms with Crippen LogP contribution in [-0.2, 0) is 9.59 Å². The van der Waals surface area contributed by atoms with Gasteiger partial charge in [0, 0.05) is 10.2 Å². The highest BCUT2D eigenvalue weighted by atomic mass is 79.9. The number of amides is 2. The van der Waals surface area contributed by atoms with Gasteiger partial charge in [0.1, 0.15) is 0 Å². The number of anilines is 1. The number of hydrogen-bond acceptors (Lipinski definition) is 3. The molecule has 0 spiro atoms. The largest absolute Gasteiger partial charge is 0.367 e. The molecule has 2 bridgehead atoms. The average molecular weight is 373 g/mol. The summed E-state index contributed by atoms with van der Waals surface area (Å²) in [6.07, 6.45) is 5.61. The Labute approximate surface area is 143 Å². The van der Waals surface area contributed by atoms with E-state index >= 15 is 0 Å². The Morgan fingerprint density at radius 3 is 2.13 bits per heavy atom. The number of rotatable bonds is 3. The van der Waals surface area contributed by atoms with Crippen molar-refractivity contribution >= 4 is 33.4 Å². The predicted molar refractivity (Wildman–Crippen MR) is 89.2 cm³/mol. The standard InChI is InChI=1S/C18H17BrN2O2/c19-9-1-3-10(4-2-9)20-8-21-17(22)15-11-5-6-12(14-7-13(11)14)16(15)18(21)23/h1-6,11-16,20H,7-8H2/t11-,12-,13+,14+,15+,16+/m1/s1. The Morgan fingerprint density at radius 1 is 1.00 bits per heavy atom. The van der Waals surface area contributed by atoms with E-state index in [1.54, 1.807) is 0 Å². The van der Waals surface area contributed by atoms with Crippen molar-refractivity contribution < 1.29 is 9.59 Å². The van der Waals surface area contributed by atoms with Gasteiger partial charge in [-0.25, -0.2) is 0 Å². The minimum absolute atomic E-state index is 0.0225. The lowest BCUT2D eigenvalue weighted by molar-refractivity contribution is -0.139. The van der Waals surface area contributed by atoms with Gasteiger partial charge in [0.15, 0.2) is 0 Å². The van der Waals surface area contributed by atoms with Crippen LogP contribution in [0.2, 0.25) is 0 Å². The molecule has 1 N–H and O–H groups in total. The molecule has 1 saturated heterocycles. The van der Waals surface area contributed by atoms with Crippen LogP contribution in [0, 0.1) is 35.5 Å². The van der Waals surface area contributed by atoms with Gasteiger partial charge >= 0.3 is 0 Å². The van der Waals surface area contributed by atoms with Gasteiger partial charge in [-0.1, -0.05) is 28.1 Å². The van der Waals surface area contributed by atoms with E-state index in [1.165, 1.54) is 11.3 Å². The monoisotopic (exact) mass is 372 g/mol. The van der Waals surface area contributed by atoms with Crippen molar-refractivity contribution in [1.82, 2.24) is 4.90 Å². The fourth-order valence-corrected chi connectivity index (χ4v) is 5.18. The molecular weight excluding hydrogens is 356 g/mol. The average Bonchev–Trinajstić information content (AvgIpc) is 3.33. The second-order valence-electron chi connectivity index (χ2n) is 7.10. The third-order valence-corrected chi connectivity index (χ3v) is 6.57. The lowest BCUT2D eigenvalue weighted by Gasteiger charge is -2.37. The molecule has 6 atom stereocenters. The maximum absolute atomic E-state index is 12.8. The summed E-state index contributed by atoms with van der Waals surface area (Å²) in [4.78, 5) is 27.0. The molecule has 0 unspecified atom stereocenters. The zero-order chi connectivity index (χ0) is 15.7. The van der Waals surface area contributed by atoms with Crippen molar-refractivity contribution in [1.29, 1.82) is 0 Å². The van der Waals surface area contributed by atoms with Crippen molar-refractivity contribution in [3.8, 4) is 0 Å². The van der Waals surface area contributed by atoms with Crippen LogP contribution < -0.4 is 5.32 Å². The van der Waals surface area contributed by atoms with Crippen LogP contribution in [0.4, 0.5) is 5.69 Å². The zero-order valence-electron chi connectivity index (χ0n) is 12.5. The topological polar surface area (TPSA) is 49.4 Å². The number of halogens is 1. The highest BCUT2D eigenvalue weighted by molar-refractivity contribution is 9.10. The van der Waals surface area contributed by atoms with E-state index in [0.717, 1.165) is 10.2 Å². The quantitative estimate of drug-likeness (QED) is 0.655. The van der Waals surface area contributed by atoms with E-state index in [1.807, 2.05) is 24.3 Å². The molecular formula is C18H17BrN2O2. The maximum atomic E-state index is 12.8. The fraction of sp³-hybridized carbons (Fsp3) is 0.444. The number of carbonyl (C=O) groups is 2. The highest BCUT2D eigenvalue weighted by Gasteiger charge is 2.66.